The topological polar surface area (TPSA) is 36.1 Å². The highest BCUT2D eigenvalue weighted by Gasteiger charge is 2.67. The molecule has 0 aliphatic heterocycles. The third-order valence-electron chi connectivity index (χ3n) is 18.9. The number of fused-ring (bicyclic) bond motifs is 10. The fourth-order valence-electron chi connectivity index (χ4n) is 17.8. The maximum atomic E-state index is 9.96. The van der Waals surface area contributed by atoms with Gasteiger partial charge in [0.1, 0.15) is 0 Å². The molecule has 0 amide bonds. The monoisotopic (exact) mass is 726 g/mol. The van der Waals surface area contributed by atoms with Crippen molar-refractivity contribution in [3.8, 4) is 6.19 Å². The maximum absolute atomic E-state index is 9.96. The first-order valence-corrected chi connectivity index (χ1v) is 21.7. The Morgan fingerprint density at radius 2 is 1.14 bits per heavy atom. The molecule has 0 aromatic heterocycles. The van der Waals surface area contributed by atoms with Crippen LogP contribution in [-0.4, -0.2) is 5.71 Å². The van der Waals surface area contributed by atoms with Gasteiger partial charge in [-0.2, -0.15) is 10.3 Å². The number of hydrogen-bond acceptors (Lipinski definition) is 2. The number of benzene rings is 7. The molecule has 9 unspecified atom stereocenters. The predicted octanol–water partition coefficient (Wildman–Crippen LogP) is 10.9. The lowest BCUT2D eigenvalue weighted by molar-refractivity contribution is 0.344. The van der Waals surface area contributed by atoms with Crippen LogP contribution in [0.5, 0.6) is 0 Å². The third kappa shape index (κ3) is 2.08. The second kappa shape index (κ2) is 7.47. The van der Waals surface area contributed by atoms with Crippen LogP contribution in [-0.2, 0) is 0 Å². The second-order valence-electron chi connectivity index (χ2n) is 19.9. The summed E-state index contributed by atoms with van der Waals surface area (Å²) in [7, 11) is 0. The minimum atomic E-state index is 0.237. The molecule has 0 radical (unpaired) electrons. The summed E-state index contributed by atoms with van der Waals surface area (Å²) in [5.74, 6) is 4.77. The molecule has 2 saturated carbocycles. The van der Waals surface area contributed by atoms with Gasteiger partial charge in [-0.15, -0.1) is 0 Å². The van der Waals surface area contributed by atoms with Gasteiger partial charge in [0.2, 0.25) is 6.19 Å². The van der Waals surface area contributed by atoms with Crippen molar-refractivity contribution in [1.82, 2.24) is 0 Å². The first-order chi connectivity index (χ1) is 28.8. The molecule has 11 aromatic carbocycles. The minimum Gasteiger partial charge on any atom is -0.172 e. The maximum Gasteiger partial charge on any atom is 0.206 e. The summed E-state index contributed by atoms with van der Waals surface area (Å²) in [6.45, 7) is 0. The van der Waals surface area contributed by atoms with E-state index >= 15 is 0 Å². The average molecular weight is 727 g/mol. The van der Waals surface area contributed by atoms with E-state index in [1.165, 1.54) is 38.2 Å². The van der Waals surface area contributed by atoms with Crippen LogP contribution in [0, 0.1) is 47.0 Å². The lowest BCUT2D eigenvalue weighted by Crippen LogP contribution is -2.33. The molecular formula is C56H26N2. The highest BCUT2D eigenvalue weighted by atomic mass is 14.8. The normalized spacial score (nSPS) is 31.5. The molecular weight excluding hydrogens is 701 g/mol. The van der Waals surface area contributed by atoms with E-state index in [4.69, 9.17) is 0 Å². The van der Waals surface area contributed by atoms with Crippen LogP contribution >= 0.6 is 0 Å². The third-order valence-corrected chi connectivity index (χ3v) is 18.9. The molecule has 0 N–H and O–H groups in total. The van der Waals surface area contributed by atoms with E-state index in [0.717, 1.165) is 16.8 Å². The summed E-state index contributed by atoms with van der Waals surface area (Å²) in [5.41, 5.74) is 16.1. The quantitative estimate of drug-likeness (QED) is 0.0943. The fourth-order valence-corrected chi connectivity index (χ4v) is 17.8. The van der Waals surface area contributed by atoms with E-state index in [9.17, 15) is 5.26 Å². The molecule has 11 aromatic rings. The fraction of sp³-hybridized carbons (Fsp3) is 0.179. The SMILES string of the molecule is N#CN=C1c2ccccc2C(C2C3C4=c5c6c7c8c9c%10c%11c(c%12ccc%13c%14ccc%15c(c5c5c%15c%14c(c%13c%12%10)c9c75)C32)C=CC2C%11C=8C3C2C=CC4C63)c2ccccc21. The lowest BCUT2D eigenvalue weighted by Gasteiger charge is -2.38. The number of allylic oxidation sites excluding steroid dienone is 3. The van der Waals surface area contributed by atoms with Gasteiger partial charge in [0.15, 0.2) is 0 Å². The van der Waals surface area contributed by atoms with Gasteiger partial charge in [-0.05, 0) is 171 Å². The molecule has 2 heteroatoms. The number of hydrogen-bond donors (Lipinski definition) is 0. The molecule has 20 rings (SSSR count). The molecule has 2 fully saturated rings. The van der Waals surface area contributed by atoms with E-state index in [-0.39, 0.29) is 5.92 Å². The van der Waals surface area contributed by atoms with Crippen LogP contribution in [0.1, 0.15) is 68.2 Å². The molecule has 2 nitrogen and oxygen atoms in total. The van der Waals surface area contributed by atoms with Crippen molar-refractivity contribution < 1.29 is 0 Å². The van der Waals surface area contributed by atoms with E-state index in [1.807, 2.05) is 5.57 Å². The summed E-state index contributed by atoms with van der Waals surface area (Å²) < 4.78 is 0. The molecule has 0 spiro atoms. The summed E-state index contributed by atoms with van der Waals surface area (Å²) in [5, 5.41) is 38.8. The van der Waals surface area contributed by atoms with Crippen LogP contribution in [0.4, 0.5) is 0 Å². The number of rotatable bonds is 1. The highest BCUT2D eigenvalue weighted by molar-refractivity contribution is 6.57. The standard InChI is InChI=1S/C56H26N2/c57-17-58-56-26-7-3-1-5-18(26)30(19-6-2-4-8-27(19)56)41-47-39-28-15-13-24-22-11-9-20-21-10-12-23-25-14-16-29-38-36(25)44-34(23)32(21)42-31(20)33(22)43-35(24)37(28)45-49(39)50(40(29)48(41)47)46(38)55-53(44)51(42)52(43)54(45)55/h1-16,22,24,28,30,33,35,37,41,47-48H. The van der Waals surface area contributed by atoms with Crippen molar-refractivity contribution in [1.29, 1.82) is 5.26 Å². The molecule has 9 aliphatic carbocycles. The molecule has 9 aliphatic rings. The first kappa shape index (κ1) is 26.4. The minimum absolute atomic E-state index is 0.237. The summed E-state index contributed by atoms with van der Waals surface area (Å²) in [4.78, 5) is 4.51. The van der Waals surface area contributed by atoms with Crippen molar-refractivity contribution in [3.63, 3.8) is 0 Å². The summed E-state index contributed by atoms with van der Waals surface area (Å²) >= 11 is 0. The van der Waals surface area contributed by atoms with Crippen molar-refractivity contribution in [2.75, 3.05) is 0 Å². The van der Waals surface area contributed by atoms with Gasteiger partial charge in [0.05, 0.1) is 5.71 Å². The zero-order valence-electron chi connectivity index (χ0n) is 30.9. The molecule has 0 heterocycles. The largest absolute Gasteiger partial charge is 0.206 e. The van der Waals surface area contributed by atoms with Crippen LogP contribution in [0.3, 0.4) is 0 Å². The number of aliphatic imine (C=N–C) groups is 1. The van der Waals surface area contributed by atoms with E-state index in [2.05, 4.69) is 108 Å². The van der Waals surface area contributed by atoms with Gasteiger partial charge in [-0.1, -0.05) is 103 Å². The Labute approximate surface area is 329 Å². The zero-order valence-corrected chi connectivity index (χ0v) is 30.9. The Hall–Kier alpha value is -6.56. The van der Waals surface area contributed by atoms with Crippen LogP contribution in [0.25, 0.3) is 103 Å². The zero-order chi connectivity index (χ0) is 36.2. The Kier molecular flexibility index (Phi) is 3.40. The molecule has 260 valence electrons. The molecule has 0 bridgehead atoms. The van der Waals surface area contributed by atoms with Crippen LogP contribution in [0.15, 0.2) is 96.0 Å². The van der Waals surface area contributed by atoms with E-state index < -0.39 is 0 Å². The van der Waals surface area contributed by atoms with Gasteiger partial charge in [0.25, 0.3) is 0 Å². The Bertz CT molecular complexity index is 4230. The number of nitrogens with zero attached hydrogens (tertiary/aromatic N) is 2. The summed E-state index contributed by atoms with van der Waals surface area (Å²) in [6, 6.07) is 28.0. The van der Waals surface area contributed by atoms with Crippen molar-refractivity contribution in [2.24, 2.45) is 40.5 Å². The van der Waals surface area contributed by atoms with Crippen LogP contribution in [0.2, 0.25) is 0 Å². The average Bonchev–Trinajstić information content (AvgIpc) is 3.79. The Balaban J connectivity index is 1.04. The molecule has 9 atom stereocenters. The van der Waals surface area contributed by atoms with Crippen molar-refractivity contribution >= 4 is 109 Å². The smallest absolute Gasteiger partial charge is 0.172 e. The highest BCUT2D eigenvalue weighted by Crippen LogP contribution is 2.77. The van der Waals surface area contributed by atoms with Gasteiger partial charge < -0.3 is 0 Å². The van der Waals surface area contributed by atoms with Crippen LogP contribution < -0.4 is 10.4 Å². The van der Waals surface area contributed by atoms with Gasteiger partial charge in [0, 0.05) is 34.8 Å². The van der Waals surface area contributed by atoms with Gasteiger partial charge in [-0.3, -0.25) is 0 Å². The Morgan fingerprint density at radius 1 is 0.466 bits per heavy atom. The molecule has 0 saturated heterocycles. The summed E-state index contributed by atoms with van der Waals surface area (Å²) in [6.07, 6.45) is 12.9. The van der Waals surface area contributed by atoms with Crippen molar-refractivity contribution in [2.45, 2.75) is 23.7 Å². The van der Waals surface area contributed by atoms with Gasteiger partial charge >= 0.3 is 0 Å². The van der Waals surface area contributed by atoms with Gasteiger partial charge in [-0.25, -0.2) is 0 Å². The number of nitriles is 1. The van der Waals surface area contributed by atoms with E-state index in [1.54, 1.807) is 97.3 Å². The second-order valence-corrected chi connectivity index (χ2v) is 19.9. The molecule has 58 heavy (non-hydrogen) atoms. The van der Waals surface area contributed by atoms with Crippen molar-refractivity contribution in [3.05, 3.63) is 146 Å². The lowest BCUT2D eigenvalue weighted by atomic mass is 9.64. The Morgan fingerprint density at radius 3 is 1.95 bits per heavy atom. The predicted molar refractivity (Wildman–Crippen MR) is 233 cm³/mol. The van der Waals surface area contributed by atoms with E-state index in [0.29, 0.717) is 53.3 Å². The first-order valence-electron chi connectivity index (χ1n) is 21.7.